The number of phenolic OH excluding ortho intramolecular Hbond substituents is 1. The largest absolute Gasteiger partial charge is 0.632 e. The van der Waals surface area contributed by atoms with E-state index in [0.717, 1.165) is 24.0 Å². The van der Waals surface area contributed by atoms with Crippen LogP contribution < -0.4 is 4.74 Å². The number of rotatable bonds is 5. The summed E-state index contributed by atoms with van der Waals surface area (Å²) >= 11 is 0. The number of quaternary nitrogens is 1. The van der Waals surface area contributed by atoms with Crippen molar-refractivity contribution in [2.24, 2.45) is 5.92 Å². The van der Waals surface area contributed by atoms with Crippen molar-refractivity contribution >= 4 is 11.8 Å². The minimum atomic E-state index is -1.10. The zero-order valence-corrected chi connectivity index (χ0v) is 16.6. The van der Waals surface area contributed by atoms with E-state index in [4.69, 9.17) is 9.47 Å². The number of benzene rings is 1. The highest BCUT2D eigenvalue weighted by Gasteiger charge is 2.77. The number of Topliss-reactive ketones (excluding diaryl/α,β-unsaturated/α-hetero) is 1. The number of piperidine rings is 1. The van der Waals surface area contributed by atoms with Crippen LogP contribution in [-0.4, -0.2) is 64.1 Å². The Hall–Kier alpha value is -2.16. The van der Waals surface area contributed by atoms with Crippen LogP contribution in [-0.2, 0) is 26.2 Å². The molecule has 8 heteroatoms. The highest BCUT2D eigenvalue weighted by Crippen LogP contribution is 2.67. The van der Waals surface area contributed by atoms with Crippen molar-refractivity contribution in [2.75, 3.05) is 19.7 Å². The lowest BCUT2D eigenvalue weighted by Gasteiger charge is -2.68. The predicted octanol–water partition coefficient (Wildman–Crippen LogP) is 1.65. The summed E-state index contributed by atoms with van der Waals surface area (Å²) in [5.74, 6) is -0.477. The summed E-state index contributed by atoms with van der Waals surface area (Å²) in [5, 5.41) is 34.1. The number of carbonyl (C=O) groups is 2. The fraction of sp³-hybridized carbons (Fsp3) is 0.636. The summed E-state index contributed by atoms with van der Waals surface area (Å²) in [6.07, 6.45) is 2.58. The summed E-state index contributed by atoms with van der Waals surface area (Å²) in [6.45, 7) is 0.339. The molecule has 2 unspecified atom stereocenters. The average Bonchev–Trinajstić information content (AvgIpc) is 3.43. The molecule has 1 spiro atoms. The third-order valence-corrected chi connectivity index (χ3v) is 8.26. The lowest BCUT2D eigenvalue weighted by molar-refractivity contribution is -0.924. The number of hydroxylamine groups is 3. The lowest BCUT2D eigenvalue weighted by atomic mass is 9.48. The van der Waals surface area contributed by atoms with Crippen LogP contribution in [0.15, 0.2) is 12.1 Å². The van der Waals surface area contributed by atoms with Gasteiger partial charge in [-0.15, -0.1) is 0 Å². The molecule has 0 radical (unpaired) electrons. The molecule has 8 nitrogen and oxygen atoms in total. The number of aliphatic carboxylic acids is 1. The van der Waals surface area contributed by atoms with E-state index in [1.165, 1.54) is 0 Å². The molecular weight excluding hydrogens is 390 g/mol. The molecule has 2 saturated carbocycles. The number of hydrogen-bond donors (Lipinski definition) is 2. The van der Waals surface area contributed by atoms with Crippen molar-refractivity contribution in [2.45, 2.75) is 61.7 Å². The zero-order chi connectivity index (χ0) is 20.9. The second kappa shape index (κ2) is 5.75. The maximum absolute atomic E-state index is 14.2. The van der Waals surface area contributed by atoms with Gasteiger partial charge < -0.3 is 29.5 Å². The average molecular weight is 415 g/mol. The molecule has 160 valence electrons. The molecule has 1 aromatic rings. The fourth-order valence-electron chi connectivity index (χ4n) is 6.99. The number of ether oxygens (including phenoxy) is 2. The first-order valence-electron chi connectivity index (χ1n) is 10.8. The Bertz CT molecular complexity index is 974. The van der Waals surface area contributed by atoms with Gasteiger partial charge in [-0.1, -0.05) is 6.07 Å². The molecule has 2 aliphatic heterocycles. The monoisotopic (exact) mass is 415 g/mol. The predicted molar refractivity (Wildman–Crippen MR) is 103 cm³/mol. The molecule has 1 aromatic carbocycles. The summed E-state index contributed by atoms with van der Waals surface area (Å²) in [5.41, 5.74) is -0.335. The van der Waals surface area contributed by atoms with E-state index in [2.05, 4.69) is 0 Å². The first-order chi connectivity index (χ1) is 14.3. The number of aromatic hydroxyl groups is 1. The second-order valence-corrected chi connectivity index (χ2v) is 9.73. The van der Waals surface area contributed by atoms with E-state index < -0.39 is 40.4 Å². The number of likely N-dealkylation sites (tertiary alicyclic amines) is 1. The normalized spacial score (nSPS) is 40.6. The number of ketones is 1. The van der Waals surface area contributed by atoms with Gasteiger partial charge in [-0.3, -0.25) is 4.79 Å². The molecule has 6 rings (SSSR count). The summed E-state index contributed by atoms with van der Waals surface area (Å²) in [4.78, 5) is 24.5. The number of carbonyl (C=O) groups excluding carboxylic acids is 1. The van der Waals surface area contributed by atoms with Crippen LogP contribution in [0, 0.1) is 11.1 Å². The molecule has 5 atom stereocenters. The van der Waals surface area contributed by atoms with Gasteiger partial charge in [0.25, 0.3) is 0 Å². The van der Waals surface area contributed by atoms with Gasteiger partial charge in [0.1, 0.15) is 18.2 Å². The van der Waals surface area contributed by atoms with E-state index in [1.807, 2.05) is 6.07 Å². The fourth-order valence-corrected chi connectivity index (χ4v) is 6.99. The first kappa shape index (κ1) is 18.6. The van der Waals surface area contributed by atoms with Crippen molar-refractivity contribution in [3.05, 3.63) is 28.5 Å². The number of phenols is 1. The van der Waals surface area contributed by atoms with Crippen LogP contribution in [0.1, 0.15) is 43.2 Å². The minimum absolute atomic E-state index is 0.0256. The van der Waals surface area contributed by atoms with E-state index in [0.29, 0.717) is 44.0 Å². The van der Waals surface area contributed by atoms with Gasteiger partial charge in [-0.25, -0.2) is 4.79 Å². The third kappa shape index (κ3) is 2.11. The molecule has 30 heavy (non-hydrogen) atoms. The van der Waals surface area contributed by atoms with Gasteiger partial charge >= 0.3 is 5.97 Å². The molecule has 0 amide bonds. The van der Waals surface area contributed by atoms with Crippen molar-refractivity contribution in [3.63, 3.8) is 0 Å². The number of hydrogen-bond acceptors (Lipinski definition) is 6. The van der Waals surface area contributed by atoms with Crippen LogP contribution in [0.4, 0.5) is 0 Å². The highest BCUT2D eigenvalue weighted by atomic mass is 16.6. The number of carboxylic acids is 1. The molecule has 0 aromatic heterocycles. The van der Waals surface area contributed by atoms with E-state index >= 15 is 0 Å². The van der Waals surface area contributed by atoms with Gasteiger partial charge in [0.05, 0.1) is 18.5 Å². The van der Waals surface area contributed by atoms with Gasteiger partial charge in [0.15, 0.2) is 23.4 Å². The van der Waals surface area contributed by atoms with Crippen LogP contribution in [0.5, 0.6) is 11.5 Å². The lowest BCUT2D eigenvalue weighted by Crippen LogP contribution is -2.81. The third-order valence-electron chi connectivity index (χ3n) is 8.26. The van der Waals surface area contributed by atoms with Crippen LogP contribution in [0.2, 0.25) is 0 Å². The molecular formula is C22H25NO7. The van der Waals surface area contributed by atoms with Gasteiger partial charge in [-0.05, 0) is 30.9 Å². The van der Waals surface area contributed by atoms with E-state index in [1.54, 1.807) is 6.07 Å². The topological polar surface area (TPSA) is 116 Å². The molecule has 2 heterocycles. The van der Waals surface area contributed by atoms with E-state index in [-0.39, 0.29) is 18.0 Å². The first-order valence-corrected chi connectivity index (χ1v) is 10.8. The maximum Gasteiger partial charge on any atom is 0.329 e. The van der Waals surface area contributed by atoms with Gasteiger partial charge in [0, 0.05) is 30.7 Å². The van der Waals surface area contributed by atoms with Crippen LogP contribution in [0.3, 0.4) is 0 Å². The Morgan fingerprint density at radius 1 is 1.33 bits per heavy atom. The minimum Gasteiger partial charge on any atom is -0.632 e. The van der Waals surface area contributed by atoms with Gasteiger partial charge in [-0.2, -0.15) is 0 Å². The van der Waals surface area contributed by atoms with Crippen molar-refractivity contribution in [1.82, 2.24) is 0 Å². The standard InChI is InChI=1S/C22H25NO7/c24-14-4-3-13-9-16-22(29-11-17(26)27)6-5-15(25)20-21(22,18(13)19(14)30-20)7-8-23(16,28)10-12-1-2-12/h3-4,12,16,20,24H,1-2,5-11H2,(H,26,27)/t16-,20+,21?,22-,23?/m1/s1. The number of carboxylic acid groups (broad SMARTS) is 1. The number of nitrogens with zero attached hydrogens (tertiary/aromatic N) is 1. The van der Waals surface area contributed by atoms with E-state index in [9.17, 15) is 25.0 Å². The van der Waals surface area contributed by atoms with Crippen molar-refractivity contribution in [3.8, 4) is 11.5 Å². The van der Waals surface area contributed by atoms with Crippen LogP contribution in [0.25, 0.3) is 0 Å². The zero-order valence-electron chi connectivity index (χ0n) is 16.6. The summed E-state index contributed by atoms with van der Waals surface area (Å²) in [7, 11) is 0. The maximum atomic E-state index is 14.2. The quantitative estimate of drug-likeness (QED) is 0.555. The molecule has 1 saturated heterocycles. The van der Waals surface area contributed by atoms with Crippen molar-refractivity contribution < 1.29 is 33.9 Å². The van der Waals surface area contributed by atoms with Crippen LogP contribution >= 0.6 is 0 Å². The highest BCUT2D eigenvalue weighted by molar-refractivity contribution is 5.90. The Labute approximate surface area is 173 Å². The van der Waals surface area contributed by atoms with Gasteiger partial charge in [0.2, 0.25) is 0 Å². The smallest absolute Gasteiger partial charge is 0.329 e. The van der Waals surface area contributed by atoms with Crippen molar-refractivity contribution in [1.29, 1.82) is 0 Å². The molecule has 3 fully saturated rings. The summed E-state index contributed by atoms with van der Waals surface area (Å²) < 4.78 is 11.9. The molecule has 5 aliphatic rings. The Kier molecular flexibility index (Phi) is 3.56. The Balaban J connectivity index is 1.59. The Morgan fingerprint density at radius 2 is 2.13 bits per heavy atom. The molecule has 3 aliphatic carbocycles. The second-order valence-electron chi connectivity index (χ2n) is 9.73. The Morgan fingerprint density at radius 3 is 2.87 bits per heavy atom. The SMILES string of the molecule is O=C(O)CO[C@@]12CCC(=O)[C@@H]3Oc4c(O)ccc5c4C31CC[N+]([O-])(CC1CC1)[C@@H]2C5. The molecule has 2 bridgehead atoms. The summed E-state index contributed by atoms with van der Waals surface area (Å²) in [6, 6.07) is 2.89. The molecule has 2 N–H and O–H groups in total.